The highest BCUT2D eigenvalue weighted by Gasteiger charge is 2.01. The van der Waals surface area contributed by atoms with Crippen molar-refractivity contribution in [3.05, 3.63) is 22.8 Å². The van der Waals surface area contributed by atoms with Gasteiger partial charge in [-0.2, -0.15) is 4.98 Å². The van der Waals surface area contributed by atoms with Crippen LogP contribution in [0.4, 0.5) is 0 Å². The molecule has 0 atom stereocenters. The summed E-state index contributed by atoms with van der Waals surface area (Å²) in [4.78, 5) is 4.09. The fourth-order valence-electron chi connectivity index (χ4n) is 0.923. The third-order valence-electron chi connectivity index (χ3n) is 1.46. The smallest absolute Gasteiger partial charge is 0.336 e. The summed E-state index contributed by atoms with van der Waals surface area (Å²) in [6.45, 7) is 0. The van der Waals surface area contributed by atoms with Crippen molar-refractivity contribution in [1.29, 1.82) is 0 Å². The molecule has 2 heterocycles. The van der Waals surface area contributed by atoms with Gasteiger partial charge in [0.2, 0.25) is 0 Å². The lowest BCUT2D eigenvalue weighted by Crippen LogP contribution is -1.86. The first-order valence-corrected chi connectivity index (χ1v) is 4.15. The Balaban J connectivity index is 2.67. The van der Waals surface area contributed by atoms with Crippen LogP contribution in [0.1, 0.15) is 0 Å². The SMILES string of the molecule is COc1nc2cc(Br)ccn2n1. The molecule has 2 rings (SSSR count). The zero-order valence-corrected chi connectivity index (χ0v) is 7.95. The Morgan fingerprint density at radius 1 is 1.58 bits per heavy atom. The predicted molar refractivity (Wildman–Crippen MR) is 47.2 cm³/mol. The monoisotopic (exact) mass is 227 g/mol. The van der Waals surface area contributed by atoms with E-state index in [2.05, 4.69) is 26.0 Å². The van der Waals surface area contributed by atoms with Crippen molar-refractivity contribution < 1.29 is 4.74 Å². The second-order valence-corrected chi connectivity index (χ2v) is 3.16. The van der Waals surface area contributed by atoms with E-state index >= 15 is 0 Å². The first kappa shape index (κ1) is 7.54. The number of fused-ring (bicyclic) bond motifs is 1. The van der Waals surface area contributed by atoms with E-state index in [1.807, 2.05) is 18.3 Å². The second kappa shape index (κ2) is 2.75. The maximum absolute atomic E-state index is 4.88. The van der Waals surface area contributed by atoms with E-state index in [-0.39, 0.29) is 0 Å². The minimum absolute atomic E-state index is 0.383. The van der Waals surface area contributed by atoms with E-state index < -0.39 is 0 Å². The molecule has 0 aliphatic rings. The Kier molecular flexibility index (Phi) is 1.73. The number of aromatic nitrogens is 3. The topological polar surface area (TPSA) is 39.4 Å². The van der Waals surface area contributed by atoms with Gasteiger partial charge in [-0.05, 0) is 12.1 Å². The van der Waals surface area contributed by atoms with Gasteiger partial charge in [-0.15, -0.1) is 5.10 Å². The lowest BCUT2D eigenvalue weighted by atomic mass is 10.5. The van der Waals surface area contributed by atoms with Crippen LogP contribution in [0.2, 0.25) is 0 Å². The van der Waals surface area contributed by atoms with Crippen molar-refractivity contribution in [2.45, 2.75) is 0 Å². The molecule has 2 aromatic heterocycles. The third kappa shape index (κ3) is 1.16. The summed E-state index contributed by atoms with van der Waals surface area (Å²) in [5, 5.41) is 4.03. The van der Waals surface area contributed by atoms with Gasteiger partial charge >= 0.3 is 6.01 Å². The number of halogens is 1. The van der Waals surface area contributed by atoms with E-state index in [0.29, 0.717) is 6.01 Å². The van der Waals surface area contributed by atoms with Crippen LogP contribution in [0.25, 0.3) is 5.65 Å². The summed E-state index contributed by atoms with van der Waals surface area (Å²) >= 11 is 3.34. The van der Waals surface area contributed by atoms with Crippen molar-refractivity contribution in [1.82, 2.24) is 14.6 Å². The molecule has 0 radical (unpaired) electrons. The molecule has 0 fully saturated rings. The van der Waals surface area contributed by atoms with Gasteiger partial charge < -0.3 is 4.74 Å². The van der Waals surface area contributed by atoms with Gasteiger partial charge in [-0.1, -0.05) is 15.9 Å². The maximum atomic E-state index is 4.88. The molecule has 5 heteroatoms. The van der Waals surface area contributed by atoms with Crippen molar-refractivity contribution >= 4 is 21.6 Å². The maximum Gasteiger partial charge on any atom is 0.336 e. The van der Waals surface area contributed by atoms with Crippen LogP contribution in [0.5, 0.6) is 6.01 Å². The number of nitrogens with zero attached hydrogens (tertiary/aromatic N) is 3. The van der Waals surface area contributed by atoms with Crippen molar-refractivity contribution in [2.24, 2.45) is 0 Å². The normalized spacial score (nSPS) is 10.5. The minimum atomic E-state index is 0.383. The van der Waals surface area contributed by atoms with Crippen LogP contribution in [0.15, 0.2) is 22.8 Å². The Bertz CT molecular complexity index is 412. The lowest BCUT2D eigenvalue weighted by molar-refractivity contribution is 0.380. The van der Waals surface area contributed by atoms with Crippen LogP contribution in [-0.2, 0) is 0 Å². The van der Waals surface area contributed by atoms with Gasteiger partial charge in [0.05, 0.1) is 7.11 Å². The zero-order chi connectivity index (χ0) is 8.55. The van der Waals surface area contributed by atoms with Crippen molar-refractivity contribution in [2.75, 3.05) is 7.11 Å². The molecule has 0 amide bonds. The molecular weight excluding hydrogens is 222 g/mol. The number of pyridine rings is 1. The number of methoxy groups -OCH3 is 1. The summed E-state index contributed by atoms with van der Waals surface area (Å²) in [5.41, 5.74) is 0.765. The summed E-state index contributed by atoms with van der Waals surface area (Å²) in [6, 6.07) is 4.14. The highest BCUT2D eigenvalue weighted by Crippen LogP contribution is 2.13. The summed E-state index contributed by atoms with van der Waals surface area (Å²) < 4.78 is 7.51. The van der Waals surface area contributed by atoms with E-state index in [1.165, 1.54) is 0 Å². The molecule has 0 saturated carbocycles. The number of rotatable bonds is 1. The first-order valence-electron chi connectivity index (χ1n) is 3.35. The fourth-order valence-corrected chi connectivity index (χ4v) is 1.25. The molecule has 0 aliphatic heterocycles. The Morgan fingerprint density at radius 2 is 2.42 bits per heavy atom. The molecule has 0 N–H and O–H groups in total. The van der Waals surface area contributed by atoms with Crippen LogP contribution < -0.4 is 4.74 Å². The van der Waals surface area contributed by atoms with Gasteiger partial charge in [0.25, 0.3) is 0 Å². The summed E-state index contributed by atoms with van der Waals surface area (Å²) in [6.07, 6.45) is 1.81. The van der Waals surface area contributed by atoms with Crippen LogP contribution in [-0.4, -0.2) is 21.7 Å². The number of ether oxygens (including phenoxy) is 1. The number of hydrogen-bond donors (Lipinski definition) is 0. The molecular formula is C7H6BrN3O. The van der Waals surface area contributed by atoms with E-state index in [4.69, 9.17) is 4.74 Å². The van der Waals surface area contributed by atoms with Crippen molar-refractivity contribution in [3.63, 3.8) is 0 Å². The number of hydrogen-bond acceptors (Lipinski definition) is 3. The Labute approximate surface area is 77.3 Å². The first-order chi connectivity index (χ1) is 5.79. The molecule has 62 valence electrons. The van der Waals surface area contributed by atoms with E-state index in [0.717, 1.165) is 10.1 Å². The predicted octanol–water partition coefficient (Wildman–Crippen LogP) is 1.50. The average Bonchev–Trinajstić information content (AvgIpc) is 2.46. The molecule has 0 saturated heterocycles. The highest BCUT2D eigenvalue weighted by molar-refractivity contribution is 9.10. The third-order valence-corrected chi connectivity index (χ3v) is 1.96. The largest absolute Gasteiger partial charge is 0.466 e. The Hall–Kier alpha value is -1.10. The molecule has 0 unspecified atom stereocenters. The standard InChI is InChI=1S/C7H6BrN3O/c1-12-7-9-6-4-5(8)2-3-11(6)10-7/h2-4H,1H3. The fraction of sp³-hybridized carbons (Fsp3) is 0.143. The summed E-state index contributed by atoms with van der Waals surface area (Å²) in [5.74, 6) is 0. The highest BCUT2D eigenvalue weighted by atomic mass is 79.9. The molecule has 0 aromatic carbocycles. The quantitative estimate of drug-likeness (QED) is 0.742. The van der Waals surface area contributed by atoms with Gasteiger partial charge in [0.15, 0.2) is 5.65 Å². The van der Waals surface area contributed by atoms with Gasteiger partial charge in [0, 0.05) is 10.7 Å². The molecule has 0 spiro atoms. The van der Waals surface area contributed by atoms with E-state index in [1.54, 1.807) is 11.6 Å². The lowest BCUT2D eigenvalue weighted by Gasteiger charge is -1.89. The minimum Gasteiger partial charge on any atom is -0.466 e. The van der Waals surface area contributed by atoms with Crippen LogP contribution >= 0.6 is 15.9 Å². The Morgan fingerprint density at radius 3 is 3.17 bits per heavy atom. The van der Waals surface area contributed by atoms with Gasteiger partial charge in [-0.3, -0.25) is 0 Å². The molecule has 12 heavy (non-hydrogen) atoms. The van der Waals surface area contributed by atoms with Crippen LogP contribution in [0.3, 0.4) is 0 Å². The molecule has 4 nitrogen and oxygen atoms in total. The molecule has 2 aromatic rings. The zero-order valence-electron chi connectivity index (χ0n) is 6.36. The van der Waals surface area contributed by atoms with Gasteiger partial charge in [0.1, 0.15) is 0 Å². The van der Waals surface area contributed by atoms with Gasteiger partial charge in [-0.25, -0.2) is 4.52 Å². The van der Waals surface area contributed by atoms with Crippen molar-refractivity contribution in [3.8, 4) is 6.01 Å². The molecule has 0 bridgehead atoms. The molecule has 0 aliphatic carbocycles. The van der Waals surface area contributed by atoms with E-state index in [9.17, 15) is 0 Å². The second-order valence-electron chi connectivity index (χ2n) is 2.25. The average molecular weight is 228 g/mol. The summed E-state index contributed by atoms with van der Waals surface area (Å²) in [7, 11) is 1.55. The van der Waals surface area contributed by atoms with Crippen LogP contribution in [0, 0.1) is 0 Å².